The highest BCUT2D eigenvalue weighted by Crippen LogP contribution is 2.12. The van der Waals surface area contributed by atoms with Crippen molar-refractivity contribution in [2.45, 2.75) is 11.7 Å². The van der Waals surface area contributed by atoms with Crippen molar-refractivity contribution >= 4 is 18.5 Å². The molecule has 0 aliphatic carbocycles. The molecule has 16 heavy (non-hydrogen) atoms. The molecule has 1 aliphatic heterocycles. The van der Waals surface area contributed by atoms with Crippen LogP contribution in [0.5, 0.6) is 0 Å². The molecule has 0 saturated carbocycles. The van der Waals surface area contributed by atoms with Gasteiger partial charge in [-0.1, -0.05) is 30.3 Å². The van der Waals surface area contributed by atoms with Gasteiger partial charge in [0.15, 0.2) is 0 Å². The highest BCUT2D eigenvalue weighted by atomic mass is 32.1. The van der Waals surface area contributed by atoms with Gasteiger partial charge in [-0.05, 0) is 12.0 Å². The van der Waals surface area contributed by atoms with Crippen molar-refractivity contribution in [3.8, 4) is 0 Å². The van der Waals surface area contributed by atoms with Gasteiger partial charge in [-0.15, -0.1) is 0 Å². The topological polar surface area (TPSA) is 29.5 Å². The maximum Gasteiger partial charge on any atom is 0.237 e. The van der Waals surface area contributed by atoms with Gasteiger partial charge in [-0.2, -0.15) is 12.6 Å². The molecule has 0 aromatic heterocycles. The quantitative estimate of drug-likeness (QED) is 0.804. The zero-order chi connectivity index (χ0) is 11.4. The molecule has 1 saturated heterocycles. The summed E-state index contributed by atoms with van der Waals surface area (Å²) in [5, 5.41) is -0.274. The van der Waals surface area contributed by atoms with Crippen LogP contribution in [0.3, 0.4) is 0 Å². The Morgan fingerprint density at radius 1 is 1.44 bits per heavy atom. The predicted octanol–water partition coefficient (Wildman–Crippen LogP) is 1.34. The van der Waals surface area contributed by atoms with Crippen LogP contribution in [0.4, 0.5) is 0 Å². The predicted molar refractivity (Wildman–Crippen MR) is 65.5 cm³/mol. The van der Waals surface area contributed by atoms with E-state index in [0.717, 1.165) is 5.56 Å². The van der Waals surface area contributed by atoms with E-state index in [1.807, 2.05) is 30.3 Å². The van der Waals surface area contributed by atoms with Gasteiger partial charge in [0.05, 0.1) is 11.9 Å². The van der Waals surface area contributed by atoms with Crippen molar-refractivity contribution in [2.24, 2.45) is 0 Å². The third-order valence-electron chi connectivity index (χ3n) is 2.62. The molecule has 1 fully saturated rings. The lowest BCUT2D eigenvalue weighted by atomic mass is 10.1. The number of hydrogen-bond donors (Lipinski definition) is 1. The number of hydrogen-bond acceptors (Lipinski definition) is 3. The van der Waals surface area contributed by atoms with E-state index in [1.54, 1.807) is 4.90 Å². The Balaban J connectivity index is 1.92. The first-order valence-corrected chi connectivity index (χ1v) is 5.87. The molecule has 0 N–H and O–H groups in total. The van der Waals surface area contributed by atoms with E-state index >= 15 is 0 Å². The summed E-state index contributed by atoms with van der Waals surface area (Å²) in [6.45, 7) is 1.73. The third kappa shape index (κ3) is 2.77. The lowest BCUT2D eigenvalue weighted by Gasteiger charge is -2.18. The van der Waals surface area contributed by atoms with Gasteiger partial charge in [0.25, 0.3) is 0 Å². The van der Waals surface area contributed by atoms with Gasteiger partial charge in [-0.3, -0.25) is 4.79 Å². The van der Waals surface area contributed by atoms with E-state index in [2.05, 4.69) is 12.6 Å². The number of thiol groups is 1. The molecule has 1 aromatic carbocycles. The summed E-state index contributed by atoms with van der Waals surface area (Å²) in [4.78, 5) is 13.6. The Morgan fingerprint density at radius 3 is 2.81 bits per heavy atom. The lowest BCUT2D eigenvalue weighted by molar-refractivity contribution is -0.130. The monoisotopic (exact) mass is 237 g/mol. The fourth-order valence-electron chi connectivity index (χ4n) is 1.72. The first-order chi connectivity index (χ1) is 7.77. The number of ether oxygens (including phenoxy) is 1. The largest absolute Gasteiger partial charge is 0.359 e. The molecule has 86 valence electrons. The van der Waals surface area contributed by atoms with Crippen LogP contribution in [0.2, 0.25) is 0 Å². The summed E-state index contributed by atoms with van der Waals surface area (Å²) in [6.07, 6.45) is 0.666. The number of nitrogens with zero attached hydrogens (tertiary/aromatic N) is 1. The number of carbonyl (C=O) groups is 1. The Hall–Kier alpha value is -1.00. The normalized spacial score (nSPS) is 17.4. The molecule has 1 unspecified atom stereocenters. The van der Waals surface area contributed by atoms with Crippen LogP contribution in [-0.2, 0) is 16.0 Å². The Morgan fingerprint density at radius 2 is 2.19 bits per heavy atom. The average molecular weight is 237 g/mol. The molecule has 1 heterocycles. The summed E-state index contributed by atoms with van der Waals surface area (Å²) in [5.74, 6) is 0.0599. The highest BCUT2D eigenvalue weighted by Gasteiger charge is 2.24. The molecule has 4 heteroatoms. The number of rotatable bonds is 3. The van der Waals surface area contributed by atoms with Gasteiger partial charge in [0, 0.05) is 6.54 Å². The Bertz CT molecular complexity index is 349. The Labute approximate surface area is 101 Å². The van der Waals surface area contributed by atoms with Crippen molar-refractivity contribution in [3.05, 3.63) is 35.9 Å². The van der Waals surface area contributed by atoms with Crippen LogP contribution in [-0.4, -0.2) is 35.9 Å². The number of carbonyl (C=O) groups excluding carboxylic acids is 1. The molecule has 0 radical (unpaired) electrons. The van der Waals surface area contributed by atoms with E-state index in [9.17, 15) is 4.79 Å². The minimum Gasteiger partial charge on any atom is -0.359 e. The van der Waals surface area contributed by atoms with Crippen molar-refractivity contribution in [2.75, 3.05) is 19.9 Å². The molecule has 3 nitrogen and oxygen atoms in total. The van der Waals surface area contributed by atoms with Crippen LogP contribution in [0.25, 0.3) is 0 Å². The Kier molecular flexibility index (Phi) is 3.85. The molecule has 1 aliphatic rings. The van der Waals surface area contributed by atoms with Crippen LogP contribution in [0.1, 0.15) is 5.56 Å². The molecular weight excluding hydrogens is 222 g/mol. The van der Waals surface area contributed by atoms with Crippen molar-refractivity contribution in [1.29, 1.82) is 0 Å². The minimum absolute atomic E-state index is 0.0599. The SMILES string of the molecule is O=C(C(S)Cc1ccccc1)N1CCOC1. The summed E-state index contributed by atoms with van der Waals surface area (Å²) in [5.41, 5.74) is 1.14. The van der Waals surface area contributed by atoms with Crippen LogP contribution in [0.15, 0.2) is 30.3 Å². The maximum absolute atomic E-state index is 11.9. The molecule has 1 amide bonds. The summed E-state index contributed by atoms with van der Waals surface area (Å²) in [7, 11) is 0. The molecule has 1 atom stereocenters. The third-order valence-corrected chi connectivity index (χ3v) is 3.02. The molecular formula is C12H15NO2S. The maximum atomic E-state index is 11.9. The molecule has 1 aromatic rings. The van der Waals surface area contributed by atoms with Crippen LogP contribution >= 0.6 is 12.6 Å². The second kappa shape index (κ2) is 5.37. The van der Waals surface area contributed by atoms with Crippen LogP contribution < -0.4 is 0 Å². The van der Waals surface area contributed by atoms with Crippen molar-refractivity contribution in [1.82, 2.24) is 4.90 Å². The average Bonchev–Trinajstić information content (AvgIpc) is 2.83. The van der Waals surface area contributed by atoms with E-state index < -0.39 is 0 Å². The van der Waals surface area contributed by atoms with Gasteiger partial charge >= 0.3 is 0 Å². The van der Waals surface area contributed by atoms with Gasteiger partial charge in [0.1, 0.15) is 6.73 Å². The zero-order valence-corrected chi connectivity index (χ0v) is 9.90. The summed E-state index contributed by atoms with van der Waals surface area (Å²) < 4.78 is 5.15. The van der Waals surface area contributed by atoms with E-state index in [1.165, 1.54) is 0 Å². The summed E-state index contributed by atoms with van der Waals surface area (Å²) >= 11 is 4.36. The smallest absolute Gasteiger partial charge is 0.237 e. The van der Waals surface area contributed by atoms with Gasteiger partial charge in [-0.25, -0.2) is 0 Å². The summed E-state index contributed by atoms with van der Waals surface area (Å²) in [6, 6.07) is 9.93. The number of benzene rings is 1. The van der Waals surface area contributed by atoms with Crippen molar-refractivity contribution < 1.29 is 9.53 Å². The van der Waals surface area contributed by atoms with Gasteiger partial charge in [0.2, 0.25) is 5.91 Å². The number of amides is 1. The highest BCUT2D eigenvalue weighted by molar-refractivity contribution is 7.81. The molecule has 0 bridgehead atoms. The lowest BCUT2D eigenvalue weighted by Crippen LogP contribution is -2.35. The first kappa shape index (κ1) is 11.5. The van der Waals surface area contributed by atoms with E-state index in [0.29, 0.717) is 26.3 Å². The molecule has 0 spiro atoms. The minimum atomic E-state index is -0.274. The fraction of sp³-hybridized carbons (Fsp3) is 0.417. The van der Waals surface area contributed by atoms with Crippen molar-refractivity contribution in [3.63, 3.8) is 0 Å². The van der Waals surface area contributed by atoms with Crippen LogP contribution in [0, 0.1) is 0 Å². The first-order valence-electron chi connectivity index (χ1n) is 5.36. The standard InChI is InChI=1S/C12H15NO2S/c14-12(13-6-7-15-9-13)11(16)8-10-4-2-1-3-5-10/h1-5,11,16H,6-9H2. The zero-order valence-electron chi connectivity index (χ0n) is 9.00. The second-order valence-corrected chi connectivity index (χ2v) is 4.47. The van der Waals surface area contributed by atoms with Gasteiger partial charge < -0.3 is 9.64 Å². The van der Waals surface area contributed by atoms with E-state index in [4.69, 9.17) is 4.74 Å². The van der Waals surface area contributed by atoms with E-state index in [-0.39, 0.29) is 11.2 Å². The second-order valence-electron chi connectivity index (χ2n) is 3.84. The molecule has 2 rings (SSSR count). The fourth-order valence-corrected chi connectivity index (χ4v) is 2.10.